The third kappa shape index (κ3) is 5.48. The van der Waals surface area contributed by atoms with Gasteiger partial charge in [-0.3, -0.25) is 4.79 Å². The molecule has 2 rings (SSSR count). The molecule has 0 atom stereocenters. The van der Waals surface area contributed by atoms with E-state index in [0.717, 1.165) is 0 Å². The number of phenolic OH excluding ortho intramolecular Hbond substituents is 1. The van der Waals surface area contributed by atoms with Crippen molar-refractivity contribution < 1.29 is 18.7 Å². The van der Waals surface area contributed by atoms with Crippen LogP contribution in [-0.2, 0) is 4.79 Å². The third-order valence-electron chi connectivity index (χ3n) is 2.99. The van der Waals surface area contributed by atoms with E-state index in [1.165, 1.54) is 48.5 Å². The van der Waals surface area contributed by atoms with Crippen molar-refractivity contribution in [2.45, 2.75) is 10.7 Å². The quantitative estimate of drug-likeness (QED) is 0.439. The Morgan fingerprint density at radius 1 is 1.28 bits per heavy atom. The number of hydrogen-bond donors (Lipinski definition) is 2. The number of hydrogen-bond acceptors (Lipinski definition) is 4. The highest BCUT2D eigenvalue weighted by molar-refractivity contribution is 7.99. The first kappa shape index (κ1) is 18.8. The van der Waals surface area contributed by atoms with Crippen LogP contribution >= 0.6 is 23.4 Å². The van der Waals surface area contributed by atoms with E-state index in [4.69, 9.17) is 16.9 Å². The van der Waals surface area contributed by atoms with Gasteiger partial charge >= 0.3 is 0 Å². The maximum atomic E-state index is 12.3. The van der Waals surface area contributed by atoms with E-state index < -0.39 is 11.7 Å². The van der Waals surface area contributed by atoms with Gasteiger partial charge in [-0.2, -0.15) is 14.0 Å². The number of alkyl halides is 2. The zero-order valence-electron chi connectivity index (χ0n) is 12.5. The standard InChI is InChI=1S/C17H11ClF2N2O2S/c18-14-8-10(1-6-15(14)23)7-11(9-21)16(24)22-12-2-4-13(5-3-12)25-17(19)20/h1-8,17,23H,(H,22,24). The topological polar surface area (TPSA) is 73.1 Å². The molecule has 2 N–H and O–H groups in total. The monoisotopic (exact) mass is 380 g/mol. The van der Waals surface area contributed by atoms with Crippen molar-refractivity contribution >= 4 is 41.0 Å². The number of carbonyl (C=O) groups excluding carboxylic acids is 1. The van der Waals surface area contributed by atoms with Gasteiger partial charge in [0, 0.05) is 10.6 Å². The van der Waals surface area contributed by atoms with Gasteiger partial charge in [-0.05, 0) is 48.0 Å². The lowest BCUT2D eigenvalue weighted by molar-refractivity contribution is -0.112. The molecule has 0 saturated carbocycles. The smallest absolute Gasteiger partial charge is 0.288 e. The Bertz CT molecular complexity index is 849. The van der Waals surface area contributed by atoms with E-state index in [0.29, 0.717) is 27.9 Å². The number of nitriles is 1. The molecule has 0 spiro atoms. The van der Waals surface area contributed by atoms with Gasteiger partial charge in [0.1, 0.15) is 17.4 Å². The minimum Gasteiger partial charge on any atom is -0.506 e. The van der Waals surface area contributed by atoms with Crippen molar-refractivity contribution in [3.63, 3.8) is 0 Å². The Morgan fingerprint density at radius 2 is 1.96 bits per heavy atom. The van der Waals surface area contributed by atoms with Crippen LogP contribution in [0.15, 0.2) is 52.9 Å². The number of benzene rings is 2. The van der Waals surface area contributed by atoms with E-state index in [2.05, 4.69) is 5.32 Å². The summed E-state index contributed by atoms with van der Waals surface area (Å²) in [6.07, 6.45) is 1.32. The number of nitrogens with zero attached hydrogens (tertiary/aromatic N) is 1. The van der Waals surface area contributed by atoms with Crippen LogP contribution in [0, 0.1) is 11.3 Å². The molecule has 0 heterocycles. The zero-order valence-corrected chi connectivity index (χ0v) is 14.1. The molecule has 0 saturated heterocycles. The number of carbonyl (C=O) groups is 1. The minimum absolute atomic E-state index is 0.0959. The molecule has 128 valence electrons. The molecule has 0 aliphatic heterocycles. The summed E-state index contributed by atoms with van der Waals surface area (Å²) in [5.74, 6) is -3.28. The number of phenols is 1. The second kappa shape index (κ2) is 8.51. The van der Waals surface area contributed by atoms with Crippen LogP contribution in [0.2, 0.25) is 5.02 Å². The lowest BCUT2D eigenvalue weighted by atomic mass is 10.1. The van der Waals surface area contributed by atoms with Crippen LogP contribution < -0.4 is 5.32 Å². The molecule has 25 heavy (non-hydrogen) atoms. The molecule has 0 aromatic heterocycles. The lowest BCUT2D eigenvalue weighted by Crippen LogP contribution is -2.13. The average Bonchev–Trinajstić information content (AvgIpc) is 2.57. The van der Waals surface area contributed by atoms with Gasteiger partial charge in [0.15, 0.2) is 0 Å². The van der Waals surface area contributed by atoms with Gasteiger partial charge in [0.25, 0.3) is 11.7 Å². The summed E-state index contributed by atoms with van der Waals surface area (Å²) in [7, 11) is 0. The molecule has 0 radical (unpaired) electrons. The second-order valence-corrected chi connectivity index (χ2v) is 6.21. The third-order valence-corrected chi connectivity index (χ3v) is 4.01. The van der Waals surface area contributed by atoms with Crippen LogP contribution in [0.25, 0.3) is 6.08 Å². The second-order valence-electron chi connectivity index (χ2n) is 4.74. The summed E-state index contributed by atoms with van der Waals surface area (Å²) in [4.78, 5) is 12.5. The summed E-state index contributed by atoms with van der Waals surface area (Å²) >= 11 is 6.18. The minimum atomic E-state index is -2.52. The Hall–Kier alpha value is -2.56. The van der Waals surface area contributed by atoms with Gasteiger partial charge in [-0.1, -0.05) is 29.4 Å². The van der Waals surface area contributed by atoms with E-state index in [9.17, 15) is 18.7 Å². The Balaban J connectivity index is 2.13. The van der Waals surface area contributed by atoms with E-state index in [-0.39, 0.29) is 16.3 Å². The maximum absolute atomic E-state index is 12.3. The van der Waals surface area contributed by atoms with Crippen LogP contribution in [0.3, 0.4) is 0 Å². The van der Waals surface area contributed by atoms with E-state index in [1.807, 2.05) is 0 Å². The summed E-state index contributed by atoms with van der Waals surface area (Å²) in [5, 5.41) is 21.1. The van der Waals surface area contributed by atoms with E-state index in [1.54, 1.807) is 6.07 Å². The average molecular weight is 381 g/mol. The number of aromatic hydroxyl groups is 1. The Morgan fingerprint density at radius 3 is 2.52 bits per heavy atom. The summed E-state index contributed by atoms with van der Waals surface area (Å²) in [6, 6.07) is 11.9. The lowest BCUT2D eigenvalue weighted by Gasteiger charge is -2.06. The van der Waals surface area contributed by atoms with Gasteiger partial charge in [-0.15, -0.1) is 0 Å². The fraction of sp³-hybridized carbons (Fsp3) is 0.0588. The van der Waals surface area contributed by atoms with Crippen molar-refractivity contribution in [3.05, 3.63) is 58.6 Å². The van der Waals surface area contributed by atoms with Gasteiger partial charge in [0.05, 0.1) is 5.02 Å². The fourth-order valence-electron chi connectivity index (χ4n) is 1.85. The number of nitrogens with one attached hydrogen (secondary N) is 1. The highest BCUT2D eigenvalue weighted by Gasteiger charge is 2.11. The number of halogens is 3. The highest BCUT2D eigenvalue weighted by Crippen LogP contribution is 2.27. The first-order chi connectivity index (χ1) is 11.9. The van der Waals surface area contributed by atoms with Gasteiger partial charge in [0.2, 0.25) is 0 Å². The summed E-state index contributed by atoms with van der Waals surface area (Å²) in [6.45, 7) is 0. The van der Waals surface area contributed by atoms with Crippen LogP contribution in [0.5, 0.6) is 5.75 Å². The molecule has 0 fully saturated rings. The summed E-state index contributed by atoms with van der Waals surface area (Å²) < 4.78 is 24.5. The summed E-state index contributed by atoms with van der Waals surface area (Å²) in [5.41, 5.74) is 0.666. The van der Waals surface area contributed by atoms with Crippen molar-refractivity contribution in [2.75, 3.05) is 5.32 Å². The molecule has 8 heteroatoms. The van der Waals surface area contributed by atoms with Gasteiger partial charge in [-0.25, -0.2) is 0 Å². The Labute approximate surface area is 151 Å². The number of anilines is 1. The Kier molecular flexibility index (Phi) is 6.39. The van der Waals surface area contributed by atoms with Gasteiger partial charge < -0.3 is 10.4 Å². The molecule has 4 nitrogen and oxygen atoms in total. The van der Waals surface area contributed by atoms with Crippen molar-refractivity contribution in [2.24, 2.45) is 0 Å². The maximum Gasteiger partial charge on any atom is 0.288 e. The molecule has 0 aliphatic carbocycles. The number of thioether (sulfide) groups is 1. The predicted molar refractivity (Wildman–Crippen MR) is 93.6 cm³/mol. The molecule has 0 bridgehead atoms. The highest BCUT2D eigenvalue weighted by atomic mass is 35.5. The number of amides is 1. The molecule has 2 aromatic carbocycles. The van der Waals surface area contributed by atoms with Crippen molar-refractivity contribution in [1.29, 1.82) is 5.26 Å². The first-order valence-corrected chi connectivity index (χ1v) is 8.11. The van der Waals surface area contributed by atoms with Crippen LogP contribution in [0.4, 0.5) is 14.5 Å². The van der Waals surface area contributed by atoms with Crippen molar-refractivity contribution in [1.82, 2.24) is 0 Å². The zero-order chi connectivity index (χ0) is 18.4. The molecule has 1 amide bonds. The van der Waals surface area contributed by atoms with Crippen molar-refractivity contribution in [3.8, 4) is 11.8 Å². The normalized spacial score (nSPS) is 11.2. The first-order valence-electron chi connectivity index (χ1n) is 6.85. The van der Waals surface area contributed by atoms with Crippen LogP contribution in [0.1, 0.15) is 5.56 Å². The molecule has 2 aromatic rings. The van der Waals surface area contributed by atoms with E-state index >= 15 is 0 Å². The molecular formula is C17H11ClF2N2O2S. The number of rotatable bonds is 5. The molecular weight excluding hydrogens is 370 g/mol. The predicted octanol–water partition coefficient (Wildman–Crippen LogP) is 4.91. The largest absolute Gasteiger partial charge is 0.506 e. The molecule has 0 aliphatic rings. The fourth-order valence-corrected chi connectivity index (χ4v) is 2.53. The molecule has 0 unspecified atom stereocenters. The SMILES string of the molecule is N#CC(=Cc1ccc(O)c(Cl)c1)C(=O)Nc1ccc(SC(F)F)cc1. The van der Waals surface area contributed by atoms with Crippen LogP contribution in [-0.4, -0.2) is 16.8 Å².